The van der Waals surface area contributed by atoms with Gasteiger partial charge in [-0.25, -0.2) is 0 Å². The van der Waals surface area contributed by atoms with Crippen molar-refractivity contribution in [2.24, 2.45) is 0 Å². The van der Waals surface area contributed by atoms with Crippen molar-refractivity contribution < 1.29 is 4.74 Å². The summed E-state index contributed by atoms with van der Waals surface area (Å²) in [5, 5.41) is 13.1. The van der Waals surface area contributed by atoms with Gasteiger partial charge in [0.2, 0.25) is 0 Å². The quantitative estimate of drug-likeness (QED) is 0.847. The fourth-order valence-corrected chi connectivity index (χ4v) is 2.55. The molecule has 3 rings (SSSR count). The van der Waals surface area contributed by atoms with Crippen LogP contribution in [-0.2, 0) is 17.9 Å². The van der Waals surface area contributed by atoms with Crippen LogP contribution in [-0.4, -0.2) is 31.2 Å². The highest BCUT2D eigenvalue weighted by Gasteiger charge is 2.26. The van der Waals surface area contributed by atoms with Gasteiger partial charge in [-0.1, -0.05) is 6.92 Å². The molecule has 0 aliphatic carbocycles. The minimum absolute atomic E-state index is 0.318. The zero-order chi connectivity index (χ0) is 13.4. The summed E-state index contributed by atoms with van der Waals surface area (Å²) in [6, 6.07) is 0.318. The SMILES string of the molecule is CCC1COCc2nnc(-c3cn(CC)nc3C)n21. The van der Waals surface area contributed by atoms with Crippen LogP contribution in [0, 0.1) is 6.92 Å². The maximum absolute atomic E-state index is 5.56. The molecule has 1 unspecified atom stereocenters. The summed E-state index contributed by atoms with van der Waals surface area (Å²) in [6.45, 7) is 8.40. The van der Waals surface area contributed by atoms with Crippen LogP contribution in [0.4, 0.5) is 0 Å². The van der Waals surface area contributed by atoms with E-state index in [-0.39, 0.29) is 0 Å². The van der Waals surface area contributed by atoms with Gasteiger partial charge >= 0.3 is 0 Å². The Balaban J connectivity index is 2.10. The average molecular weight is 261 g/mol. The predicted molar refractivity (Wildman–Crippen MR) is 70.6 cm³/mol. The van der Waals surface area contributed by atoms with Crippen LogP contribution in [0.2, 0.25) is 0 Å². The molecule has 0 radical (unpaired) electrons. The van der Waals surface area contributed by atoms with Crippen LogP contribution in [0.25, 0.3) is 11.4 Å². The summed E-state index contributed by atoms with van der Waals surface area (Å²) >= 11 is 0. The summed E-state index contributed by atoms with van der Waals surface area (Å²) in [5.41, 5.74) is 2.07. The first-order valence-electron chi connectivity index (χ1n) is 6.80. The van der Waals surface area contributed by atoms with E-state index in [1.807, 2.05) is 11.6 Å². The van der Waals surface area contributed by atoms with Gasteiger partial charge in [-0.15, -0.1) is 10.2 Å². The van der Waals surface area contributed by atoms with E-state index in [1.54, 1.807) is 0 Å². The van der Waals surface area contributed by atoms with Crippen molar-refractivity contribution in [3.05, 3.63) is 17.7 Å². The Kier molecular flexibility index (Phi) is 3.10. The van der Waals surface area contributed by atoms with Gasteiger partial charge in [-0.3, -0.25) is 4.68 Å². The molecule has 6 nitrogen and oxygen atoms in total. The number of hydrogen-bond donors (Lipinski definition) is 0. The molecule has 0 saturated heterocycles. The minimum Gasteiger partial charge on any atom is -0.371 e. The zero-order valence-corrected chi connectivity index (χ0v) is 11.6. The molecule has 0 N–H and O–H groups in total. The van der Waals surface area contributed by atoms with Gasteiger partial charge in [-0.05, 0) is 20.3 Å². The third-order valence-corrected chi connectivity index (χ3v) is 3.66. The highest BCUT2D eigenvalue weighted by atomic mass is 16.5. The second-order valence-electron chi connectivity index (χ2n) is 4.87. The lowest BCUT2D eigenvalue weighted by Crippen LogP contribution is -2.24. The summed E-state index contributed by atoms with van der Waals surface area (Å²) in [6.07, 6.45) is 3.06. The lowest BCUT2D eigenvalue weighted by atomic mass is 10.2. The van der Waals surface area contributed by atoms with Gasteiger partial charge in [0.15, 0.2) is 11.6 Å². The van der Waals surface area contributed by atoms with Crippen LogP contribution in [0.5, 0.6) is 0 Å². The van der Waals surface area contributed by atoms with Crippen molar-refractivity contribution in [2.75, 3.05) is 6.61 Å². The molecule has 19 heavy (non-hydrogen) atoms. The monoisotopic (exact) mass is 261 g/mol. The van der Waals surface area contributed by atoms with Crippen molar-refractivity contribution in [2.45, 2.75) is 46.4 Å². The fourth-order valence-electron chi connectivity index (χ4n) is 2.55. The van der Waals surface area contributed by atoms with Crippen LogP contribution < -0.4 is 0 Å². The van der Waals surface area contributed by atoms with Crippen LogP contribution in [0.15, 0.2) is 6.20 Å². The second-order valence-corrected chi connectivity index (χ2v) is 4.87. The fraction of sp³-hybridized carbons (Fsp3) is 0.615. The van der Waals surface area contributed by atoms with Gasteiger partial charge in [0.1, 0.15) is 6.61 Å². The smallest absolute Gasteiger partial charge is 0.167 e. The van der Waals surface area contributed by atoms with Gasteiger partial charge < -0.3 is 9.30 Å². The Labute approximate surface area is 112 Å². The van der Waals surface area contributed by atoms with Gasteiger partial charge in [-0.2, -0.15) is 5.10 Å². The molecule has 102 valence electrons. The topological polar surface area (TPSA) is 57.8 Å². The van der Waals surface area contributed by atoms with E-state index >= 15 is 0 Å². The van der Waals surface area contributed by atoms with E-state index in [0.29, 0.717) is 12.6 Å². The molecule has 0 spiro atoms. The highest BCUT2D eigenvalue weighted by molar-refractivity contribution is 5.57. The summed E-state index contributed by atoms with van der Waals surface area (Å²) < 4.78 is 9.71. The normalized spacial score (nSPS) is 18.6. The molecule has 0 aromatic carbocycles. The van der Waals surface area contributed by atoms with Crippen molar-refractivity contribution in [3.8, 4) is 11.4 Å². The molecule has 1 atom stereocenters. The molecule has 1 aliphatic rings. The lowest BCUT2D eigenvalue weighted by molar-refractivity contribution is 0.0542. The Bertz CT molecular complexity index is 586. The van der Waals surface area contributed by atoms with E-state index in [4.69, 9.17) is 4.74 Å². The number of hydrogen-bond acceptors (Lipinski definition) is 4. The van der Waals surface area contributed by atoms with E-state index < -0.39 is 0 Å². The third-order valence-electron chi connectivity index (χ3n) is 3.66. The molecular formula is C13H19N5O. The van der Waals surface area contributed by atoms with Gasteiger partial charge in [0.25, 0.3) is 0 Å². The molecule has 2 aromatic rings. The molecule has 0 amide bonds. The van der Waals surface area contributed by atoms with Crippen molar-refractivity contribution in [1.82, 2.24) is 24.5 Å². The molecular weight excluding hydrogens is 242 g/mol. The van der Waals surface area contributed by atoms with E-state index in [1.165, 1.54) is 0 Å². The Morgan fingerprint density at radius 2 is 2.21 bits per heavy atom. The highest BCUT2D eigenvalue weighted by Crippen LogP contribution is 2.29. The molecule has 0 bridgehead atoms. The molecule has 3 heterocycles. The van der Waals surface area contributed by atoms with Crippen molar-refractivity contribution >= 4 is 0 Å². The number of nitrogens with zero attached hydrogens (tertiary/aromatic N) is 5. The Hall–Kier alpha value is -1.69. The van der Waals surface area contributed by atoms with E-state index in [2.05, 4.69) is 39.9 Å². The Morgan fingerprint density at radius 3 is 2.89 bits per heavy atom. The minimum atomic E-state index is 0.318. The number of fused-ring (bicyclic) bond motifs is 1. The maximum Gasteiger partial charge on any atom is 0.167 e. The average Bonchev–Trinajstić information content (AvgIpc) is 3.01. The van der Waals surface area contributed by atoms with Crippen LogP contribution >= 0.6 is 0 Å². The first-order chi connectivity index (χ1) is 9.24. The number of aromatic nitrogens is 5. The lowest BCUT2D eigenvalue weighted by Gasteiger charge is -2.24. The van der Waals surface area contributed by atoms with E-state index in [9.17, 15) is 0 Å². The van der Waals surface area contributed by atoms with Crippen LogP contribution in [0.3, 0.4) is 0 Å². The summed E-state index contributed by atoms with van der Waals surface area (Å²) in [4.78, 5) is 0. The molecule has 0 saturated carbocycles. The van der Waals surface area contributed by atoms with Gasteiger partial charge in [0.05, 0.1) is 23.9 Å². The molecule has 0 fully saturated rings. The molecule has 1 aliphatic heterocycles. The number of ether oxygens (including phenoxy) is 1. The first kappa shape index (κ1) is 12.3. The van der Waals surface area contributed by atoms with Crippen molar-refractivity contribution in [3.63, 3.8) is 0 Å². The third kappa shape index (κ3) is 1.96. The standard InChI is InChI=1S/C13H19N5O/c1-4-10-7-19-8-12-14-15-13(18(10)12)11-6-17(5-2)16-9(11)3/h6,10H,4-5,7-8H2,1-3H3. The molecule has 6 heteroatoms. The van der Waals surface area contributed by atoms with Gasteiger partial charge in [0, 0.05) is 12.7 Å². The first-order valence-corrected chi connectivity index (χ1v) is 6.80. The number of aryl methyl sites for hydroxylation is 2. The van der Waals surface area contributed by atoms with Crippen LogP contribution in [0.1, 0.15) is 37.8 Å². The summed E-state index contributed by atoms with van der Waals surface area (Å²) in [5.74, 6) is 1.83. The maximum atomic E-state index is 5.56. The molecule has 2 aromatic heterocycles. The largest absolute Gasteiger partial charge is 0.371 e. The van der Waals surface area contributed by atoms with Crippen molar-refractivity contribution in [1.29, 1.82) is 0 Å². The number of rotatable bonds is 3. The second kappa shape index (κ2) is 4.77. The summed E-state index contributed by atoms with van der Waals surface area (Å²) in [7, 11) is 0. The predicted octanol–water partition coefficient (Wildman–Crippen LogP) is 1.95. The Morgan fingerprint density at radius 1 is 1.37 bits per heavy atom. The zero-order valence-electron chi connectivity index (χ0n) is 11.6. The van der Waals surface area contributed by atoms with E-state index in [0.717, 1.165) is 42.5 Å².